The minimum atomic E-state index is 0.349. The molecule has 26 heavy (non-hydrogen) atoms. The lowest BCUT2D eigenvalue weighted by atomic mass is 10.0. The zero-order valence-corrected chi connectivity index (χ0v) is 15.7. The smallest absolute Gasteiger partial charge is 0.111 e. The van der Waals surface area contributed by atoms with E-state index in [-0.39, 0.29) is 0 Å². The predicted molar refractivity (Wildman–Crippen MR) is 103 cm³/mol. The van der Waals surface area contributed by atoms with Crippen molar-refractivity contribution in [2.45, 2.75) is 45.6 Å². The summed E-state index contributed by atoms with van der Waals surface area (Å²) < 4.78 is 3.85. The standard InChI is InChI=1S/C20H24N6/c1-13(2)15-7-8-20-18(22-15)11-21-26(20)10-9-14(3)16-5-6-17-19(23-16)12-25(4)24-17/h5-8,11-14H,9-10H2,1-4H3. The van der Waals surface area contributed by atoms with E-state index in [1.165, 1.54) is 0 Å². The average Bonchev–Trinajstić information content (AvgIpc) is 3.20. The van der Waals surface area contributed by atoms with Gasteiger partial charge in [0.15, 0.2) is 0 Å². The quantitative estimate of drug-likeness (QED) is 0.546. The van der Waals surface area contributed by atoms with E-state index in [0.717, 1.165) is 46.4 Å². The number of fused-ring (bicyclic) bond motifs is 2. The summed E-state index contributed by atoms with van der Waals surface area (Å²) in [6, 6.07) is 8.37. The topological polar surface area (TPSA) is 61.4 Å². The summed E-state index contributed by atoms with van der Waals surface area (Å²) in [6.45, 7) is 7.38. The zero-order valence-electron chi connectivity index (χ0n) is 15.7. The van der Waals surface area contributed by atoms with Gasteiger partial charge in [-0.2, -0.15) is 10.2 Å². The molecule has 4 aromatic rings. The third kappa shape index (κ3) is 3.07. The van der Waals surface area contributed by atoms with Crippen LogP contribution in [-0.4, -0.2) is 29.5 Å². The molecule has 6 heteroatoms. The van der Waals surface area contributed by atoms with Gasteiger partial charge in [0.1, 0.15) is 16.6 Å². The average molecular weight is 348 g/mol. The van der Waals surface area contributed by atoms with Gasteiger partial charge >= 0.3 is 0 Å². The fourth-order valence-corrected chi connectivity index (χ4v) is 3.26. The Morgan fingerprint density at radius 1 is 0.923 bits per heavy atom. The lowest BCUT2D eigenvalue weighted by molar-refractivity contribution is 0.540. The number of aromatic nitrogens is 6. The van der Waals surface area contributed by atoms with E-state index in [1.54, 1.807) is 4.68 Å². The Balaban J connectivity index is 1.51. The molecule has 0 spiro atoms. The minimum Gasteiger partial charge on any atom is -0.273 e. The molecule has 4 rings (SSSR count). The Morgan fingerprint density at radius 2 is 1.69 bits per heavy atom. The molecule has 1 unspecified atom stereocenters. The van der Waals surface area contributed by atoms with Gasteiger partial charge in [-0.1, -0.05) is 20.8 Å². The van der Waals surface area contributed by atoms with Crippen LogP contribution in [0.4, 0.5) is 0 Å². The molecule has 0 aliphatic carbocycles. The summed E-state index contributed by atoms with van der Waals surface area (Å²) in [5, 5.41) is 8.92. The van der Waals surface area contributed by atoms with Crippen LogP contribution in [0, 0.1) is 0 Å². The SMILES string of the molecule is CC(C)c1ccc2c(cnn2CCC(C)c2ccc3nn(C)cc3n2)n1. The number of nitrogens with zero attached hydrogens (tertiary/aromatic N) is 6. The highest BCUT2D eigenvalue weighted by atomic mass is 15.3. The maximum absolute atomic E-state index is 4.76. The van der Waals surface area contributed by atoms with Crippen LogP contribution < -0.4 is 0 Å². The molecule has 0 aromatic carbocycles. The van der Waals surface area contributed by atoms with E-state index < -0.39 is 0 Å². The van der Waals surface area contributed by atoms with E-state index in [9.17, 15) is 0 Å². The second-order valence-corrected chi connectivity index (χ2v) is 7.30. The molecule has 0 N–H and O–H groups in total. The molecule has 0 bridgehead atoms. The molecule has 4 heterocycles. The first-order valence-corrected chi connectivity index (χ1v) is 9.14. The summed E-state index contributed by atoms with van der Waals surface area (Å²) in [6.07, 6.45) is 4.80. The van der Waals surface area contributed by atoms with Crippen molar-refractivity contribution < 1.29 is 0 Å². The fourth-order valence-electron chi connectivity index (χ4n) is 3.26. The highest BCUT2D eigenvalue weighted by molar-refractivity contribution is 5.74. The highest BCUT2D eigenvalue weighted by Crippen LogP contribution is 2.22. The lowest BCUT2D eigenvalue weighted by Crippen LogP contribution is -2.05. The van der Waals surface area contributed by atoms with E-state index >= 15 is 0 Å². The van der Waals surface area contributed by atoms with Gasteiger partial charge < -0.3 is 0 Å². The number of hydrogen-bond donors (Lipinski definition) is 0. The van der Waals surface area contributed by atoms with Crippen molar-refractivity contribution in [3.05, 3.63) is 48.0 Å². The maximum Gasteiger partial charge on any atom is 0.111 e. The van der Waals surface area contributed by atoms with Crippen molar-refractivity contribution in [3.63, 3.8) is 0 Å². The van der Waals surface area contributed by atoms with Crippen molar-refractivity contribution in [1.82, 2.24) is 29.5 Å². The van der Waals surface area contributed by atoms with Crippen LogP contribution in [0.2, 0.25) is 0 Å². The van der Waals surface area contributed by atoms with Crippen molar-refractivity contribution >= 4 is 22.1 Å². The summed E-state index contributed by atoms with van der Waals surface area (Å²) in [5.74, 6) is 0.776. The van der Waals surface area contributed by atoms with Gasteiger partial charge in [0.2, 0.25) is 0 Å². The predicted octanol–water partition coefficient (Wildman–Crippen LogP) is 4.03. The first-order chi connectivity index (χ1) is 12.5. The second-order valence-electron chi connectivity index (χ2n) is 7.30. The van der Waals surface area contributed by atoms with Crippen LogP contribution in [0.3, 0.4) is 0 Å². The first-order valence-electron chi connectivity index (χ1n) is 9.14. The first kappa shape index (κ1) is 16.7. The molecule has 0 aliphatic heterocycles. The Hall–Kier alpha value is -2.76. The molecule has 0 radical (unpaired) electrons. The van der Waals surface area contributed by atoms with E-state index in [0.29, 0.717) is 11.8 Å². The number of rotatable bonds is 5. The molecular weight excluding hydrogens is 324 g/mol. The van der Waals surface area contributed by atoms with E-state index in [1.807, 2.05) is 24.1 Å². The van der Waals surface area contributed by atoms with Crippen molar-refractivity contribution in [3.8, 4) is 0 Å². The molecule has 134 valence electrons. The van der Waals surface area contributed by atoms with Gasteiger partial charge in [-0.15, -0.1) is 0 Å². The third-order valence-corrected chi connectivity index (χ3v) is 4.89. The Kier molecular flexibility index (Phi) is 4.18. The van der Waals surface area contributed by atoms with Gasteiger partial charge in [0.25, 0.3) is 0 Å². The van der Waals surface area contributed by atoms with Crippen molar-refractivity contribution in [1.29, 1.82) is 0 Å². The summed E-state index contributed by atoms with van der Waals surface area (Å²) in [5.41, 5.74) is 6.16. The monoisotopic (exact) mass is 348 g/mol. The third-order valence-electron chi connectivity index (χ3n) is 4.89. The van der Waals surface area contributed by atoms with Gasteiger partial charge in [0.05, 0.1) is 17.9 Å². The van der Waals surface area contributed by atoms with Gasteiger partial charge in [-0.05, 0) is 36.6 Å². The molecule has 0 fully saturated rings. The Bertz CT molecular complexity index is 1060. The molecule has 0 amide bonds. The van der Waals surface area contributed by atoms with Crippen LogP contribution in [0.15, 0.2) is 36.7 Å². The van der Waals surface area contributed by atoms with Gasteiger partial charge in [-0.25, -0.2) is 9.97 Å². The van der Waals surface area contributed by atoms with Gasteiger partial charge in [-0.3, -0.25) is 9.36 Å². The van der Waals surface area contributed by atoms with Crippen LogP contribution in [0.5, 0.6) is 0 Å². The van der Waals surface area contributed by atoms with Crippen LogP contribution in [-0.2, 0) is 13.6 Å². The molecular formula is C20H24N6. The highest BCUT2D eigenvalue weighted by Gasteiger charge is 2.12. The molecule has 0 aliphatic rings. The zero-order chi connectivity index (χ0) is 18.3. The van der Waals surface area contributed by atoms with Crippen molar-refractivity contribution in [2.24, 2.45) is 7.05 Å². The lowest BCUT2D eigenvalue weighted by Gasteiger charge is -2.11. The van der Waals surface area contributed by atoms with Crippen LogP contribution in [0.1, 0.15) is 50.4 Å². The van der Waals surface area contributed by atoms with E-state index in [4.69, 9.17) is 9.97 Å². The maximum atomic E-state index is 4.76. The van der Waals surface area contributed by atoms with E-state index in [2.05, 4.69) is 55.2 Å². The number of aryl methyl sites for hydroxylation is 2. The van der Waals surface area contributed by atoms with Crippen LogP contribution >= 0.6 is 0 Å². The molecule has 4 aromatic heterocycles. The summed E-state index contributed by atoms with van der Waals surface area (Å²) in [7, 11) is 1.92. The fraction of sp³-hybridized carbons (Fsp3) is 0.400. The normalized spacial score (nSPS) is 13.1. The Morgan fingerprint density at radius 3 is 2.50 bits per heavy atom. The van der Waals surface area contributed by atoms with Crippen LogP contribution in [0.25, 0.3) is 22.1 Å². The largest absolute Gasteiger partial charge is 0.273 e. The number of pyridine rings is 2. The molecule has 1 atom stereocenters. The Labute approximate surface area is 152 Å². The van der Waals surface area contributed by atoms with Gasteiger partial charge in [0, 0.05) is 30.9 Å². The summed E-state index contributed by atoms with van der Waals surface area (Å²) in [4.78, 5) is 9.48. The van der Waals surface area contributed by atoms with Crippen molar-refractivity contribution in [2.75, 3.05) is 0 Å². The molecule has 0 saturated heterocycles. The number of hydrogen-bond acceptors (Lipinski definition) is 4. The minimum absolute atomic E-state index is 0.349. The molecule has 0 saturated carbocycles. The second kappa shape index (κ2) is 6.52. The molecule has 6 nitrogen and oxygen atoms in total. The summed E-state index contributed by atoms with van der Waals surface area (Å²) >= 11 is 0.